The molecule has 3 aromatic heterocycles. The summed E-state index contributed by atoms with van der Waals surface area (Å²) < 4.78 is 4.96. The number of thiophene rings is 1. The van der Waals surface area contributed by atoms with Crippen molar-refractivity contribution < 1.29 is 0 Å². The molecule has 0 aliphatic carbocycles. The molecule has 7 heteroatoms. The molecule has 0 saturated carbocycles. The van der Waals surface area contributed by atoms with Crippen molar-refractivity contribution in [3.63, 3.8) is 0 Å². The SMILES string of the molecule is Cn1c(=O)c2c(-c3ccccc3)n3c(c2n(C)c1=O)C(c1cccs1)Nc1ccccc1-3. The molecule has 0 fully saturated rings. The third-order valence-electron chi connectivity index (χ3n) is 6.20. The molecule has 1 aliphatic heterocycles. The Balaban J connectivity index is 1.90. The van der Waals surface area contributed by atoms with Crippen LogP contribution in [0.25, 0.3) is 27.8 Å². The number of aryl methyl sites for hydroxylation is 1. The molecule has 5 aromatic rings. The van der Waals surface area contributed by atoms with Crippen LogP contribution in [-0.4, -0.2) is 13.7 Å². The fourth-order valence-corrected chi connectivity index (χ4v) is 5.54. The van der Waals surface area contributed by atoms with E-state index in [1.807, 2.05) is 60.0 Å². The largest absolute Gasteiger partial charge is 0.370 e. The van der Waals surface area contributed by atoms with Gasteiger partial charge in [-0.25, -0.2) is 4.79 Å². The lowest BCUT2D eigenvalue weighted by atomic mass is 10.1. The first-order chi connectivity index (χ1) is 15.6. The Morgan fingerprint density at radius 1 is 0.875 bits per heavy atom. The summed E-state index contributed by atoms with van der Waals surface area (Å²) in [4.78, 5) is 27.6. The average molecular weight is 441 g/mol. The molecule has 4 heterocycles. The van der Waals surface area contributed by atoms with Crippen LogP contribution in [0.2, 0.25) is 0 Å². The zero-order valence-corrected chi connectivity index (χ0v) is 18.4. The van der Waals surface area contributed by atoms with Gasteiger partial charge in [0.15, 0.2) is 0 Å². The summed E-state index contributed by atoms with van der Waals surface area (Å²) in [6, 6.07) is 21.9. The first-order valence-electron chi connectivity index (χ1n) is 10.4. The van der Waals surface area contributed by atoms with Gasteiger partial charge in [0.25, 0.3) is 5.56 Å². The van der Waals surface area contributed by atoms with Gasteiger partial charge < -0.3 is 9.88 Å². The normalized spacial score (nSPS) is 14.8. The third kappa shape index (κ3) is 2.45. The second kappa shape index (κ2) is 6.83. The fourth-order valence-electron chi connectivity index (χ4n) is 4.76. The number of nitrogens with zero attached hydrogens (tertiary/aromatic N) is 3. The van der Waals surface area contributed by atoms with Crippen LogP contribution in [0.5, 0.6) is 0 Å². The minimum Gasteiger partial charge on any atom is -0.370 e. The molecule has 158 valence electrons. The monoisotopic (exact) mass is 440 g/mol. The molecule has 2 aromatic carbocycles. The molecule has 0 radical (unpaired) electrons. The predicted molar refractivity (Wildman–Crippen MR) is 129 cm³/mol. The van der Waals surface area contributed by atoms with Crippen molar-refractivity contribution >= 4 is 27.9 Å². The number of nitrogens with one attached hydrogen (secondary N) is 1. The van der Waals surface area contributed by atoms with Gasteiger partial charge in [-0.05, 0) is 29.1 Å². The van der Waals surface area contributed by atoms with Crippen LogP contribution in [0.4, 0.5) is 5.69 Å². The number of para-hydroxylation sites is 2. The van der Waals surface area contributed by atoms with E-state index in [4.69, 9.17) is 0 Å². The second-order valence-corrected chi connectivity index (χ2v) is 8.95. The van der Waals surface area contributed by atoms with Crippen molar-refractivity contribution in [3.8, 4) is 16.9 Å². The second-order valence-electron chi connectivity index (χ2n) is 7.97. The number of fused-ring (bicyclic) bond motifs is 5. The third-order valence-corrected chi connectivity index (χ3v) is 7.14. The lowest BCUT2D eigenvalue weighted by Gasteiger charge is -2.30. The van der Waals surface area contributed by atoms with Gasteiger partial charge in [-0.3, -0.25) is 13.9 Å². The fraction of sp³-hybridized carbons (Fsp3) is 0.120. The van der Waals surface area contributed by atoms with Gasteiger partial charge in [-0.15, -0.1) is 11.3 Å². The van der Waals surface area contributed by atoms with Gasteiger partial charge in [0.1, 0.15) is 6.04 Å². The number of aromatic nitrogens is 3. The molecular formula is C25H20N4O2S. The van der Waals surface area contributed by atoms with E-state index in [-0.39, 0.29) is 17.3 Å². The minimum absolute atomic E-state index is 0.192. The summed E-state index contributed by atoms with van der Waals surface area (Å²) in [5.74, 6) is 0. The Bertz CT molecular complexity index is 1610. The van der Waals surface area contributed by atoms with Gasteiger partial charge in [0.2, 0.25) is 0 Å². The molecule has 1 unspecified atom stereocenters. The molecule has 6 rings (SSSR count). The Kier molecular flexibility index (Phi) is 4.03. The van der Waals surface area contributed by atoms with Crippen LogP contribution in [0, 0.1) is 0 Å². The molecule has 0 amide bonds. The van der Waals surface area contributed by atoms with Crippen LogP contribution < -0.4 is 16.6 Å². The average Bonchev–Trinajstić information content (AvgIpc) is 3.48. The lowest BCUT2D eigenvalue weighted by molar-refractivity contribution is 0.709. The van der Waals surface area contributed by atoms with Crippen molar-refractivity contribution in [2.75, 3.05) is 5.32 Å². The highest BCUT2D eigenvalue weighted by Crippen LogP contribution is 2.45. The maximum absolute atomic E-state index is 13.5. The number of rotatable bonds is 2. The maximum atomic E-state index is 13.5. The molecule has 32 heavy (non-hydrogen) atoms. The standard InChI is InChI=1S/C25H20N4O2S/c1-27-22-19(24(30)28(2)25(27)31)21(15-9-4-3-5-10-15)29-17-12-7-6-11-16(17)26-20(23(22)29)18-13-8-14-32-18/h3-14,20,26H,1-2H3. The Morgan fingerprint density at radius 3 is 2.38 bits per heavy atom. The summed E-state index contributed by atoms with van der Waals surface area (Å²) in [5.41, 5.74) is 4.63. The number of hydrogen-bond acceptors (Lipinski definition) is 4. The van der Waals surface area contributed by atoms with E-state index in [9.17, 15) is 9.59 Å². The Morgan fingerprint density at radius 2 is 1.62 bits per heavy atom. The number of hydrogen-bond donors (Lipinski definition) is 1. The van der Waals surface area contributed by atoms with E-state index < -0.39 is 0 Å². The quantitative estimate of drug-likeness (QED) is 0.446. The van der Waals surface area contributed by atoms with Gasteiger partial charge >= 0.3 is 5.69 Å². The smallest absolute Gasteiger partial charge is 0.331 e. The Hall–Kier alpha value is -3.84. The van der Waals surface area contributed by atoms with Gasteiger partial charge in [-0.1, -0.05) is 48.5 Å². The van der Waals surface area contributed by atoms with Crippen molar-refractivity contribution in [2.24, 2.45) is 14.1 Å². The highest BCUT2D eigenvalue weighted by atomic mass is 32.1. The van der Waals surface area contributed by atoms with E-state index in [1.54, 1.807) is 30.0 Å². The first-order valence-corrected chi connectivity index (χ1v) is 11.2. The summed E-state index contributed by atoms with van der Waals surface area (Å²) in [6.07, 6.45) is 0. The molecule has 0 spiro atoms. The minimum atomic E-state index is -0.334. The first kappa shape index (κ1) is 18.9. The molecule has 6 nitrogen and oxygen atoms in total. The van der Waals surface area contributed by atoms with E-state index in [0.29, 0.717) is 10.9 Å². The Labute approximate surface area is 187 Å². The lowest BCUT2D eigenvalue weighted by Crippen LogP contribution is -2.37. The van der Waals surface area contributed by atoms with Gasteiger partial charge in [0, 0.05) is 19.0 Å². The molecule has 0 saturated heterocycles. The maximum Gasteiger partial charge on any atom is 0.331 e. The van der Waals surface area contributed by atoms with E-state index in [2.05, 4.69) is 22.0 Å². The van der Waals surface area contributed by atoms with E-state index in [0.717, 1.165) is 33.2 Å². The highest BCUT2D eigenvalue weighted by molar-refractivity contribution is 7.10. The summed E-state index contributed by atoms with van der Waals surface area (Å²) in [5, 5.41) is 6.26. The van der Waals surface area contributed by atoms with Crippen molar-refractivity contribution in [2.45, 2.75) is 6.04 Å². The van der Waals surface area contributed by atoms with Crippen LogP contribution >= 0.6 is 11.3 Å². The summed E-state index contributed by atoms with van der Waals surface area (Å²) >= 11 is 1.65. The number of benzene rings is 2. The molecular weight excluding hydrogens is 420 g/mol. The van der Waals surface area contributed by atoms with Gasteiger partial charge in [0.05, 0.1) is 33.7 Å². The van der Waals surface area contributed by atoms with Crippen LogP contribution in [-0.2, 0) is 14.1 Å². The molecule has 1 aliphatic rings. The number of anilines is 1. The molecule has 1 atom stereocenters. The molecule has 0 bridgehead atoms. The van der Waals surface area contributed by atoms with Crippen LogP contribution in [0.15, 0.2) is 81.7 Å². The highest BCUT2D eigenvalue weighted by Gasteiger charge is 2.34. The van der Waals surface area contributed by atoms with Crippen molar-refractivity contribution in [3.05, 3.63) is 104 Å². The summed E-state index contributed by atoms with van der Waals surface area (Å²) in [7, 11) is 3.28. The molecule has 1 N–H and O–H groups in total. The summed E-state index contributed by atoms with van der Waals surface area (Å²) in [6.45, 7) is 0. The van der Waals surface area contributed by atoms with Gasteiger partial charge in [-0.2, -0.15) is 0 Å². The van der Waals surface area contributed by atoms with Crippen molar-refractivity contribution in [1.82, 2.24) is 13.7 Å². The van der Waals surface area contributed by atoms with Crippen LogP contribution in [0.1, 0.15) is 16.6 Å². The van der Waals surface area contributed by atoms with E-state index >= 15 is 0 Å². The zero-order valence-electron chi connectivity index (χ0n) is 17.6. The van der Waals surface area contributed by atoms with E-state index in [1.165, 1.54) is 4.57 Å². The zero-order chi connectivity index (χ0) is 22.0. The van der Waals surface area contributed by atoms with Crippen molar-refractivity contribution in [1.29, 1.82) is 0 Å². The topological polar surface area (TPSA) is 61.0 Å². The van der Waals surface area contributed by atoms with Crippen LogP contribution in [0.3, 0.4) is 0 Å². The predicted octanol–water partition coefficient (Wildman–Crippen LogP) is 4.27.